The maximum atomic E-state index is 12.6. The van der Waals surface area contributed by atoms with Crippen LogP contribution in [0.15, 0.2) is 35.8 Å². The van der Waals surface area contributed by atoms with Gasteiger partial charge in [0.1, 0.15) is 23.1 Å². The van der Waals surface area contributed by atoms with Gasteiger partial charge in [0, 0.05) is 24.7 Å². The molecule has 0 saturated carbocycles. The summed E-state index contributed by atoms with van der Waals surface area (Å²) in [6.45, 7) is 2.14. The van der Waals surface area contributed by atoms with Gasteiger partial charge in [-0.05, 0) is 25.1 Å². The number of nitrogens with one attached hydrogen (secondary N) is 1. The van der Waals surface area contributed by atoms with Crippen molar-refractivity contribution in [1.82, 2.24) is 20.1 Å². The molecule has 2 aromatic heterocycles. The lowest BCUT2D eigenvalue weighted by Gasteiger charge is -2.22. The van der Waals surface area contributed by atoms with Gasteiger partial charge in [-0.2, -0.15) is 5.10 Å². The van der Waals surface area contributed by atoms with Crippen LogP contribution in [0.5, 0.6) is 11.5 Å². The Morgan fingerprint density at radius 1 is 1.41 bits per heavy atom. The van der Waals surface area contributed by atoms with Gasteiger partial charge in [0.05, 0.1) is 23.9 Å². The molecule has 0 radical (unpaired) electrons. The van der Waals surface area contributed by atoms with Crippen molar-refractivity contribution >= 4 is 28.8 Å². The molecule has 0 saturated heterocycles. The summed E-state index contributed by atoms with van der Waals surface area (Å²) < 4.78 is 10.8. The molecule has 1 N–H and O–H groups in total. The highest BCUT2D eigenvalue weighted by Crippen LogP contribution is 2.29. The second-order valence-corrected chi connectivity index (χ2v) is 7.16. The topological polar surface area (TPSA) is 80.3 Å². The molecule has 9 heteroatoms. The smallest absolute Gasteiger partial charge is 0.274 e. The number of ether oxygens (including phenoxy) is 2. The molecule has 0 bridgehead atoms. The van der Waals surface area contributed by atoms with E-state index in [4.69, 9.17) is 21.1 Å². The molecule has 0 fully saturated rings. The molecule has 0 aliphatic carbocycles. The lowest BCUT2D eigenvalue weighted by atomic mass is 10.2. The quantitative estimate of drug-likeness (QED) is 0.642. The molecule has 0 spiro atoms. The third-order valence-electron chi connectivity index (χ3n) is 4.08. The van der Waals surface area contributed by atoms with Crippen LogP contribution >= 0.6 is 22.9 Å². The van der Waals surface area contributed by atoms with E-state index in [1.165, 1.54) is 11.3 Å². The van der Waals surface area contributed by atoms with Crippen molar-refractivity contribution in [3.63, 3.8) is 0 Å². The Morgan fingerprint density at radius 2 is 2.22 bits per heavy atom. The van der Waals surface area contributed by atoms with Crippen molar-refractivity contribution < 1.29 is 14.3 Å². The fraction of sp³-hybridized carbons (Fsp3) is 0.278. The third kappa shape index (κ3) is 4.40. The molecule has 27 heavy (non-hydrogen) atoms. The van der Waals surface area contributed by atoms with Crippen LogP contribution in [0.25, 0.3) is 0 Å². The van der Waals surface area contributed by atoms with Crippen molar-refractivity contribution in [3.8, 4) is 11.5 Å². The number of carbonyl (C=O) groups is 1. The van der Waals surface area contributed by atoms with Crippen LogP contribution in [-0.2, 0) is 6.61 Å². The van der Waals surface area contributed by atoms with Gasteiger partial charge < -0.3 is 14.4 Å². The number of nitrogens with zero attached hydrogens (tertiary/aromatic N) is 3. The Hall–Kier alpha value is -2.58. The van der Waals surface area contributed by atoms with E-state index in [1.807, 2.05) is 12.3 Å². The maximum Gasteiger partial charge on any atom is 0.274 e. The summed E-state index contributed by atoms with van der Waals surface area (Å²) in [6, 6.07) is 6.70. The summed E-state index contributed by atoms with van der Waals surface area (Å²) >= 11 is 7.67. The minimum Gasteiger partial charge on any atom is -0.497 e. The molecule has 1 amide bonds. The first-order valence-electron chi connectivity index (χ1n) is 8.16. The normalized spacial score (nSPS) is 11.9. The van der Waals surface area contributed by atoms with Gasteiger partial charge in [0.15, 0.2) is 5.69 Å². The number of halogens is 1. The molecular formula is C18H19ClN4O3S. The van der Waals surface area contributed by atoms with Crippen LogP contribution in [0.3, 0.4) is 0 Å². The monoisotopic (exact) mass is 406 g/mol. The van der Waals surface area contributed by atoms with Crippen molar-refractivity contribution in [2.45, 2.75) is 19.6 Å². The highest BCUT2D eigenvalue weighted by molar-refractivity contribution is 7.09. The lowest BCUT2D eigenvalue weighted by molar-refractivity contribution is 0.0736. The average molecular weight is 407 g/mol. The third-order valence-corrected chi connectivity index (χ3v) is 5.32. The number of hydrogen-bond donors (Lipinski definition) is 1. The first-order valence-corrected chi connectivity index (χ1v) is 9.42. The number of thiazole rings is 1. The molecule has 0 aliphatic rings. The Morgan fingerprint density at radius 3 is 2.89 bits per heavy atom. The van der Waals surface area contributed by atoms with Crippen molar-refractivity contribution in [2.24, 2.45) is 0 Å². The van der Waals surface area contributed by atoms with Crippen molar-refractivity contribution in [3.05, 3.63) is 57.3 Å². The van der Waals surface area contributed by atoms with E-state index in [-0.39, 0.29) is 18.6 Å². The van der Waals surface area contributed by atoms with E-state index in [0.29, 0.717) is 27.9 Å². The molecule has 0 unspecified atom stereocenters. The molecule has 1 aromatic carbocycles. The average Bonchev–Trinajstić information content (AvgIpc) is 3.37. The molecule has 3 rings (SSSR count). The molecule has 142 valence electrons. The minimum absolute atomic E-state index is 0.132. The number of H-pyrrole nitrogens is 1. The van der Waals surface area contributed by atoms with Crippen LogP contribution in [0.1, 0.15) is 34.2 Å². The summed E-state index contributed by atoms with van der Waals surface area (Å²) in [5.41, 5.74) is 0.987. The fourth-order valence-electron chi connectivity index (χ4n) is 2.39. The number of aromatic amines is 1. The number of hydrogen-bond acceptors (Lipinski definition) is 6. The summed E-state index contributed by atoms with van der Waals surface area (Å²) in [5.74, 6) is 0.983. The number of carbonyl (C=O) groups excluding carboxylic acids is 1. The standard InChI is InChI=1S/C18H19ClN4O3S/c1-11(17-20-6-7-27-17)23(2)18(24)15-8-12(21-22-15)10-26-16-5-4-13(25-3)9-14(16)19/h4-9,11H,10H2,1-3H3,(H,21,22)/t11-/m0/s1. The Labute approximate surface area is 165 Å². The van der Waals surface area contributed by atoms with Gasteiger partial charge in [-0.3, -0.25) is 9.89 Å². The van der Waals surface area contributed by atoms with E-state index in [9.17, 15) is 4.79 Å². The van der Waals surface area contributed by atoms with E-state index < -0.39 is 0 Å². The van der Waals surface area contributed by atoms with Crippen LogP contribution in [0.4, 0.5) is 0 Å². The van der Waals surface area contributed by atoms with E-state index in [0.717, 1.165) is 5.01 Å². The van der Waals surface area contributed by atoms with Crippen molar-refractivity contribution in [1.29, 1.82) is 0 Å². The van der Waals surface area contributed by atoms with Crippen LogP contribution in [0.2, 0.25) is 5.02 Å². The van der Waals surface area contributed by atoms with Crippen LogP contribution in [0, 0.1) is 0 Å². The molecular weight excluding hydrogens is 388 g/mol. The highest BCUT2D eigenvalue weighted by Gasteiger charge is 2.22. The molecule has 3 aromatic rings. The Balaban J connectivity index is 1.63. The molecule has 7 nitrogen and oxygen atoms in total. The predicted molar refractivity (Wildman–Crippen MR) is 104 cm³/mol. The van der Waals surface area contributed by atoms with Crippen LogP contribution < -0.4 is 9.47 Å². The van der Waals surface area contributed by atoms with E-state index in [1.54, 1.807) is 49.5 Å². The molecule has 0 aliphatic heterocycles. The van der Waals surface area contributed by atoms with Gasteiger partial charge in [0.2, 0.25) is 0 Å². The zero-order chi connectivity index (χ0) is 19.4. The van der Waals surface area contributed by atoms with Gasteiger partial charge in [-0.1, -0.05) is 11.6 Å². The summed E-state index contributed by atoms with van der Waals surface area (Å²) in [7, 11) is 3.30. The SMILES string of the molecule is COc1ccc(OCc2cc(C(=O)N(C)[C@@H](C)c3nccs3)n[nH]2)c(Cl)c1. The number of methoxy groups -OCH3 is 1. The molecule has 1 atom stereocenters. The zero-order valence-corrected chi connectivity index (χ0v) is 16.7. The summed E-state index contributed by atoms with van der Waals surface area (Å²) in [4.78, 5) is 18.5. The first kappa shape index (κ1) is 19.2. The summed E-state index contributed by atoms with van der Waals surface area (Å²) in [5, 5.41) is 10.1. The van der Waals surface area contributed by atoms with E-state index in [2.05, 4.69) is 15.2 Å². The predicted octanol–water partition coefficient (Wildman–Crippen LogP) is 3.94. The number of benzene rings is 1. The van der Waals surface area contributed by atoms with E-state index >= 15 is 0 Å². The Bertz CT molecular complexity index is 913. The van der Waals surface area contributed by atoms with Crippen molar-refractivity contribution in [2.75, 3.05) is 14.2 Å². The maximum absolute atomic E-state index is 12.6. The lowest BCUT2D eigenvalue weighted by Crippen LogP contribution is -2.29. The summed E-state index contributed by atoms with van der Waals surface area (Å²) in [6.07, 6.45) is 1.73. The first-order chi connectivity index (χ1) is 13.0. The number of aromatic nitrogens is 3. The van der Waals surface area contributed by atoms with Gasteiger partial charge in [-0.15, -0.1) is 11.3 Å². The van der Waals surface area contributed by atoms with Gasteiger partial charge in [-0.25, -0.2) is 4.98 Å². The number of rotatable bonds is 7. The van der Waals surface area contributed by atoms with Crippen LogP contribution in [-0.4, -0.2) is 40.1 Å². The minimum atomic E-state index is -0.192. The fourth-order valence-corrected chi connectivity index (χ4v) is 3.35. The molecule has 2 heterocycles. The van der Waals surface area contributed by atoms with Gasteiger partial charge in [0.25, 0.3) is 5.91 Å². The second kappa shape index (κ2) is 8.41. The van der Waals surface area contributed by atoms with Gasteiger partial charge >= 0.3 is 0 Å². The second-order valence-electron chi connectivity index (χ2n) is 5.83. The largest absolute Gasteiger partial charge is 0.497 e. The highest BCUT2D eigenvalue weighted by atomic mass is 35.5. The number of amides is 1. The Kier molecular flexibility index (Phi) is 5.98. The zero-order valence-electron chi connectivity index (χ0n) is 15.1.